The van der Waals surface area contributed by atoms with Gasteiger partial charge < -0.3 is 10.1 Å². The summed E-state index contributed by atoms with van der Waals surface area (Å²) in [6, 6.07) is 16.2. The summed E-state index contributed by atoms with van der Waals surface area (Å²) in [5.74, 6) is 2.06. The molecule has 4 aromatic rings. The summed E-state index contributed by atoms with van der Waals surface area (Å²) in [5.41, 5.74) is 2.24. The average molecular weight is 482 g/mol. The number of carboxylic acid groups (broad SMARTS) is 1. The molecule has 0 fully saturated rings. The molecule has 0 radical (unpaired) electrons. The SMILES string of the molecule is C[C@H](c1c[nH]c2ccccc12)[C@H](CS(=O)(=O)c1ccc(C#Cc2ccc(F)cc2)s1)C(=O)O. The molecule has 168 valence electrons. The quantitative estimate of drug-likeness (QED) is 0.378. The molecule has 5 nitrogen and oxygen atoms in total. The van der Waals surface area contributed by atoms with E-state index < -0.39 is 33.4 Å². The van der Waals surface area contributed by atoms with E-state index >= 15 is 0 Å². The molecule has 0 aliphatic rings. The molecule has 0 unspecified atom stereocenters. The van der Waals surface area contributed by atoms with Crippen molar-refractivity contribution in [3.8, 4) is 11.8 Å². The van der Waals surface area contributed by atoms with Crippen LogP contribution in [-0.2, 0) is 14.6 Å². The number of nitrogens with one attached hydrogen (secondary N) is 1. The van der Waals surface area contributed by atoms with Gasteiger partial charge in [-0.1, -0.05) is 37.0 Å². The zero-order chi connectivity index (χ0) is 23.6. The number of hydrogen-bond donors (Lipinski definition) is 2. The second kappa shape index (κ2) is 9.22. The van der Waals surface area contributed by atoms with Crippen molar-refractivity contribution in [3.63, 3.8) is 0 Å². The summed E-state index contributed by atoms with van der Waals surface area (Å²) in [5, 5.41) is 10.7. The zero-order valence-electron chi connectivity index (χ0n) is 17.6. The number of aromatic amines is 1. The van der Waals surface area contributed by atoms with Crippen molar-refractivity contribution in [2.45, 2.75) is 17.1 Å². The van der Waals surface area contributed by atoms with Crippen molar-refractivity contribution in [2.24, 2.45) is 5.92 Å². The second-order valence-electron chi connectivity index (χ2n) is 7.68. The molecule has 2 aromatic heterocycles. The zero-order valence-corrected chi connectivity index (χ0v) is 19.2. The highest BCUT2D eigenvalue weighted by Gasteiger charge is 2.33. The minimum Gasteiger partial charge on any atom is -0.481 e. The average Bonchev–Trinajstić information content (AvgIpc) is 3.44. The van der Waals surface area contributed by atoms with Crippen LogP contribution in [0.3, 0.4) is 0 Å². The van der Waals surface area contributed by atoms with Crippen LogP contribution in [0, 0.1) is 23.6 Å². The molecule has 2 heterocycles. The van der Waals surface area contributed by atoms with Gasteiger partial charge in [-0.2, -0.15) is 0 Å². The Balaban J connectivity index is 1.56. The summed E-state index contributed by atoms with van der Waals surface area (Å²) >= 11 is 0.993. The first kappa shape index (κ1) is 22.8. The Labute approximate surface area is 194 Å². The fraction of sp³-hybridized carbons (Fsp3) is 0.160. The fourth-order valence-corrected chi connectivity index (χ4v) is 6.57. The number of fused-ring (bicyclic) bond motifs is 1. The molecule has 0 aliphatic carbocycles. The molecule has 0 amide bonds. The molecule has 0 aliphatic heterocycles. The van der Waals surface area contributed by atoms with E-state index in [-0.39, 0.29) is 10.0 Å². The minimum absolute atomic E-state index is 0.0725. The van der Waals surface area contributed by atoms with Gasteiger partial charge in [0.25, 0.3) is 0 Å². The van der Waals surface area contributed by atoms with Gasteiger partial charge in [0.2, 0.25) is 0 Å². The Kier molecular flexibility index (Phi) is 6.36. The number of para-hydroxylation sites is 1. The number of aliphatic carboxylic acids is 1. The third kappa shape index (κ3) is 5.00. The maximum Gasteiger partial charge on any atom is 0.308 e. The predicted molar refractivity (Wildman–Crippen MR) is 127 cm³/mol. The van der Waals surface area contributed by atoms with E-state index in [0.717, 1.165) is 27.8 Å². The van der Waals surface area contributed by atoms with E-state index in [1.165, 1.54) is 30.3 Å². The summed E-state index contributed by atoms with van der Waals surface area (Å²) in [6.45, 7) is 1.73. The smallest absolute Gasteiger partial charge is 0.308 e. The minimum atomic E-state index is -3.85. The Bertz CT molecular complexity index is 1470. The van der Waals surface area contributed by atoms with Crippen LogP contribution in [0.15, 0.2) is 71.1 Å². The first-order valence-corrected chi connectivity index (χ1v) is 12.6. The topological polar surface area (TPSA) is 87.2 Å². The van der Waals surface area contributed by atoms with Crippen molar-refractivity contribution in [1.82, 2.24) is 4.98 Å². The number of halogens is 1. The normalized spacial score (nSPS) is 13.3. The van der Waals surface area contributed by atoms with Gasteiger partial charge in [-0.15, -0.1) is 11.3 Å². The van der Waals surface area contributed by atoms with Crippen LogP contribution >= 0.6 is 11.3 Å². The van der Waals surface area contributed by atoms with Gasteiger partial charge in [0.15, 0.2) is 9.84 Å². The van der Waals surface area contributed by atoms with Crippen molar-refractivity contribution in [1.29, 1.82) is 0 Å². The van der Waals surface area contributed by atoms with E-state index in [4.69, 9.17) is 0 Å². The maximum absolute atomic E-state index is 13.1. The number of H-pyrrole nitrogens is 1. The molecule has 2 aromatic carbocycles. The summed E-state index contributed by atoms with van der Waals surface area (Å²) in [7, 11) is -3.85. The number of carboxylic acids is 1. The highest BCUT2D eigenvalue weighted by atomic mass is 32.2. The highest BCUT2D eigenvalue weighted by Crippen LogP contribution is 2.33. The molecule has 4 rings (SSSR count). The van der Waals surface area contributed by atoms with E-state index in [1.54, 1.807) is 19.2 Å². The third-order valence-electron chi connectivity index (χ3n) is 5.49. The first-order valence-electron chi connectivity index (χ1n) is 10.1. The van der Waals surface area contributed by atoms with Crippen molar-refractivity contribution in [2.75, 3.05) is 5.75 Å². The van der Waals surface area contributed by atoms with E-state index in [1.807, 2.05) is 24.3 Å². The number of thiophene rings is 1. The van der Waals surface area contributed by atoms with Crippen molar-refractivity contribution in [3.05, 3.63) is 88.7 Å². The molecule has 0 spiro atoms. The molecule has 0 saturated carbocycles. The molecule has 0 saturated heterocycles. The monoisotopic (exact) mass is 481 g/mol. The van der Waals surface area contributed by atoms with Gasteiger partial charge in [0, 0.05) is 22.7 Å². The van der Waals surface area contributed by atoms with Crippen LogP contribution in [0.4, 0.5) is 4.39 Å². The van der Waals surface area contributed by atoms with Crippen LogP contribution in [0.5, 0.6) is 0 Å². The van der Waals surface area contributed by atoms with Gasteiger partial charge >= 0.3 is 5.97 Å². The number of aromatic nitrogens is 1. The molecular formula is C25H20FNO4S2. The largest absolute Gasteiger partial charge is 0.481 e. The molecule has 2 N–H and O–H groups in total. The standard InChI is InChI=1S/C25H20FNO4S2/c1-16(21-14-27-23-5-3-2-4-20(21)23)22(25(28)29)15-33(30,31)24-13-12-19(32-24)11-8-17-6-9-18(26)10-7-17/h2-7,9-10,12-14,16,22,27H,15H2,1H3,(H,28,29)/t16-,22+/m1/s1. The maximum atomic E-state index is 13.1. The van der Waals surface area contributed by atoms with Crippen LogP contribution in [0.25, 0.3) is 10.9 Å². The Hall–Kier alpha value is -3.41. The van der Waals surface area contributed by atoms with Gasteiger partial charge in [0.05, 0.1) is 16.5 Å². The Morgan fingerprint density at radius 1 is 1.09 bits per heavy atom. The van der Waals surface area contributed by atoms with Crippen molar-refractivity contribution >= 4 is 38.0 Å². The lowest BCUT2D eigenvalue weighted by Gasteiger charge is -2.19. The summed E-state index contributed by atoms with van der Waals surface area (Å²) < 4.78 is 39.2. The first-order chi connectivity index (χ1) is 15.7. The van der Waals surface area contributed by atoms with Crippen LogP contribution < -0.4 is 0 Å². The Morgan fingerprint density at radius 3 is 2.55 bits per heavy atom. The predicted octanol–water partition coefficient (Wildman–Crippen LogP) is 5.05. The van der Waals surface area contributed by atoms with Gasteiger partial charge in [-0.25, -0.2) is 12.8 Å². The highest BCUT2D eigenvalue weighted by molar-refractivity contribution is 7.93. The third-order valence-corrected chi connectivity index (χ3v) is 8.85. The Morgan fingerprint density at radius 2 is 1.82 bits per heavy atom. The van der Waals surface area contributed by atoms with E-state index in [0.29, 0.717) is 10.4 Å². The molecular weight excluding hydrogens is 461 g/mol. The number of rotatable bonds is 6. The van der Waals surface area contributed by atoms with Gasteiger partial charge in [-0.3, -0.25) is 4.79 Å². The lowest BCUT2D eigenvalue weighted by molar-refractivity contribution is -0.141. The molecule has 33 heavy (non-hydrogen) atoms. The number of carbonyl (C=O) groups is 1. The van der Waals surface area contributed by atoms with E-state index in [2.05, 4.69) is 16.8 Å². The van der Waals surface area contributed by atoms with Crippen molar-refractivity contribution < 1.29 is 22.7 Å². The fourth-order valence-electron chi connectivity index (χ4n) is 3.66. The van der Waals surface area contributed by atoms with Crippen LogP contribution in [0.1, 0.15) is 28.8 Å². The van der Waals surface area contributed by atoms with Crippen LogP contribution in [0.2, 0.25) is 0 Å². The van der Waals surface area contributed by atoms with Crippen LogP contribution in [-0.4, -0.2) is 30.2 Å². The van der Waals surface area contributed by atoms with Gasteiger partial charge in [0.1, 0.15) is 10.0 Å². The van der Waals surface area contributed by atoms with E-state index in [9.17, 15) is 22.7 Å². The number of hydrogen-bond acceptors (Lipinski definition) is 4. The molecule has 0 bridgehead atoms. The second-order valence-corrected chi connectivity index (χ2v) is 11.0. The number of sulfone groups is 1. The molecule has 2 atom stereocenters. The number of benzene rings is 2. The van der Waals surface area contributed by atoms with Gasteiger partial charge in [-0.05, 0) is 53.9 Å². The molecule has 8 heteroatoms. The summed E-state index contributed by atoms with van der Waals surface area (Å²) in [6.07, 6.45) is 1.74. The summed E-state index contributed by atoms with van der Waals surface area (Å²) in [4.78, 5) is 15.7. The lowest BCUT2D eigenvalue weighted by atomic mass is 9.88. The lowest BCUT2D eigenvalue weighted by Crippen LogP contribution is -2.28.